The van der Waals surface area contributed by atoms with Crippen molar-refractivity contribution < 1.29 is 13.2 Å². The summed E-state index contributed by atoms with van der Waals surface area (Å²) in [6.45, 7) is 0. The van der Waals surface area contributed by atoms with E-state index >= 15 is 0 Å². The van der Waals surface area contributed by atoms with Crippen molar-refractivity contribution in [2.75, 3.05) is 5.73 Å². The van der Waals surface area contributed by atoms with Crippen LogP contribution < -0.4 is 5.73 Å². The van der Waals surface area contributed by atoms with E-state index in [1.165, 1.54) is 11.3 Å². The third-order valence-electron chi connectivity index (χ3n) is 3.10. The number of nitrogens with two attached hydrogens (primary N) is 1. The Morgan fingerprint density at radius 3 is 2.69 bits per heavy atom. The summed E-state index contributed by atoms with van der Waals surface area (Å²) in [7, 11) is 0. The molecule has 2 rings (SSSR count). The molecule has 16 heavy (non-hydrogen) atoms. The van der Waals surface area contributed by atoms with Gasteiger partial charge in [0.25, 0.3) is 0 Å². The third-order valence-corrected chi connectivity index (χ3v) is 3.79. The average molecular weight is 250 g/mol. The number of nitrogens with zero attached hydrogens (tertiary/aromatic N) is 1. The number of anilines is 1. The smallest absolute Gasteiger partial charge is 0.375 e. The van der Waals surface area contributed by atoms with Gasteiger partial charge in [0, 0.05) is 11.3 Å². The quantitative estimate of drug-likeness (QED) is 0.827. The van der Waals surface area contributed by atoms with E-state index in [2.05, 4.69) is 4.98 Å². The lowest BCUT2D eigenvalue weighted by molar-refractivity contribution is -0.183. The van der Waals surface area contributed by atoms with Gasteiger partial charge in [0.05, 0.1) is 11.6 Å². The van der Waals surface area contributed by atoms with Crippen LogP contribution in [-0.4, -0.2) is 11.2 Å². The number of aromatic nitrogens is 1. The molecule has 1 aromatic rings. The van der Waals surface area contributed by atoms with Gasteiger partial charge >= 0.3 is 6.18 Å². The van der Waals surface area contributed by atoms with Crippen molar-refractivity contribution in [3.8, 4) is 0 Å². The molecule has 6 heteroatoms. The highest BCUT2D eigenvalue weighted by atomic mass is 32.1. The second kappa shape index (κ2) is 4.24. The van der Waals surface area contributed by atoms with Gasteiger partial charge in [0.1, 0.15) is 0 Å². The molecule has 90 valence electrons. The molecule has 0 radical (unpaired) electrons. The molecule has 0 bridgehead atoms. The first-order valence-electron chi connectivity index (χ1n) is 5.24. The van der Waals surface area contributed by atoms with Gasteiger partial charge in [-0.2, -0.15) is 13.2 Å². The molecule has 0 unspecified atom stereocenters. The summed E-state index contributed by atoms with van der Waals surface area (Å²) < 4.78 is 37.8. The largest absolute Gasteiger partial charge is 0.391 e. The number of halogens is 3. The molecular weight excluding hydrogens is 237 g/mol. The Labute approximate surface area is 95.7 Å². The summed E-state index contributed by atoms with van der Waals surface area (Å²) in [5, 5.41) is 2.21. The fourth-order valence-corrected chi connectivity index (χ4v) is 2.89. The van der Waals surface area contributed by atoms with Crippen molar-refractivity contribution in [1.82, 2.24) is 4.98 Å². The topological polar surface area (TPSA) is 38.9 Å². The first kappa shape index (κ1) is 11.7. The normalized spacial score (nSPS) is 26.9. The summed E-state index contributed by atoms with van der Waals surface area (Å²) in [4.78, 5) is 4.08. The average Bonchev–Trinajstić information content (AvgIpc) is 2.64. The summed E-state index contributed by atoms with van der Waals surface area (Å²) in [5.41, 5.74) is 6.22. The van der Waals surface area contributed by atoms with Crippen LogP contribution in [-0.2, 0) is 0 Å². The monoisotopic (exact) mass is 250 g/mol. The lowest BCUT2D eigenvalue weighted by atomic mass is 9.80. The van der Waals surface area contributed by atoms with Crippen LogP contribution in [0.1, 0.15) is 37.3 Å². The Bertz CT molecular complexity index is 361. The molecule has 1 saturated carbocycles. The lowest BCUT2D eigenvalue weighted by Crippen LogP contribution is -2.28. The van der Waals surface area contributed by atoms with Crippen LogP contribution in [0.4, 0.5) is 18.3 Å². The van der Waals surface area contributed by atoms with Gasteiger partial charge in [-0.15, -0.1) is 11.3 Å². The zero-order chi connectivity index (χ0) is 11.8. The Hall–Kier alpha value is -0.780. The molecule has 2 atom stereocenters. The van der Waals surface area contributed by atoms with E-state index in [1.807, 2.05) is 0 Å². The number of hydrogen-bond donors (Lipinski definition) is 1. The lowest BCUT2D eigenvalue weighted by Gasteiger charge is -2.29. The number of hydrogen-bond acceptors (Lipinski definition) is 3. The number of thiazole rings is 1. The Kier molecular flexibility index (Phi) is 3.10. The highest BCUT2D eigenvalue weighted by molar-refractivity contribution is 7.13. The van der Waals surface area contributed by atoms with E-state index in [4.69, 9.17) is 5.73 Å². The molecule has 1 heterocycles. The molecule has 0 aromatic carbocycles. The van der Waals surface area contributed by atoms with Gasteiger partial charge < -0.3 is 5.73 Å². The van der Waals surface area contributed by atoms with Crippen molar-refractivity contribution in [3.63, 3.8) is 0 Å². The van der Waals surface area contributed by atoms with Crippen LogP contribution in [0, 0.1) is 5.92 Å². The Morgan fingerprint density at radius 1 is 1.38 bits per heavy atom. The van der Waals surface area contributed by atoms with Gasteiger partial charge in [0.15, 0.2) is 5.13 Å². The summed E-state index contributed by atoms with van der Waals surface area (Å²) in [6, 6.07) is 0. The number of nitrogen functional groups attached to an aromatic ring is 1. The van der Waals surface area contributed by atoms with Crippen LogP contribution >= 0.6 is 11.3 Å². The second-order valence-electron chi connectivity index (χ2n) is 4.21. The third kappa shape index (κ3) is 2.48. The van der Waals surface area contributed by atoms with E-state index in [0.717, 1.165) is 12.1 Å². The predicted octanol–water partition coefficient (Wildman–Crippen LogP) is 3.56. The summed E-state index contributed by atoms with van der Waals surface area (Å²) in [6.07, 6.45) is -2.26. The van der Waals surface area contributed by atoms with E-state index < -0.39 is 12.1 Å². The van der Waals surface area contributed by atoms with Gasteiger partial charge in [-0.3, -0.25) is 0 Å². The van der Waals surface area contributed by atoms with Gasteiger partial charge in [-0.25, -0.2) is 4.98 Å². The van der Waals surface area contributed by atoms with Crippen molar-refractivity contribution in [1.29, 1.82) is 0 Å². The van der Waals surface area contributed by atoms with Crippen LogP contribution in [0.15, 0.2) is 5.38 Å². The molecule has 0 saturated heterocycles. The molecule has 1 aliphatic rings. The number of rotatable bonds is 1. The van der Waals surface area contributed by atoms with Crippen LogP contribution in [0.5, 0.6) is 0 Å². The Balaban J connectivity index is 2.07. The molecule has 0 amide bonds. The standard InChI is InChI=1S/C10H13F3N2S/c11-10(12,13)7-3-1-2-6(4-7)8-5-16-9(14)15-8/h5-7H,1-4H2,(H2,14,15)/t6-,7+/m0/s1. The van der Waals surface area contributed by atoms with Crippen molar-refractivity contribution in [2.24, 2.45) is 5.92 Å². The predicted molar refractivity (Wildman–Crippen MR) is 57.3 cm³/mol. The highest BCUT2D eigenvalue weighted by Crippen LogP contribution is 2.43. The maximum absolute atomic E-state index is 12.6. The summed E-state index contributed by atoms with van der Waals surface area (Å²) in [5.74, 6) is -1.25. The zero-order valence-electron chi connectivity index (χ0n) is 8.63. The Morgan fingerprint density at radius 2 is 2.12 bits per heavy atom. The van der Waals surface area contributed by atoms with E-state index in [0.29, 0.717) is 11.6 Å². The number of alkyl halides is 3. The van der Waals surface area contributed by atoms with E-state index in [-0.39, 0.29) is 18.8 Å². The molecule has 1 aromatic heterocycles. The fraction of sp³-hybridized carbons (Fsp3) is 0.700. The fourth-order valence-electron chi connectivity index (χ4n) is 2.24. The molecule has 0 aliphatic heterocycles. The molecule has 2 nitrogen and oxygen atoms in total. The zero-order valence-corrected chi connectivity index (χ0v) is 9.44. The van der Waals surface area contributed by atoms with Crippen LogP contribution in [0.2, 0.25) is 0 Å². The highest BCUT2D eigenvalue weighted by Gasteiger charge is 2.42. The molecular formula is C10H13F3N2S. The minimum absolute atomic E-state index is 0.0751. The van der Waals surface area contributed by atoms with Gasteiger partial charge in [0.2, 0.25) is 0 Å². The maximum Gasteiger partial charge on any atom is 0.391 e. The SMILES string of the molecule is Nc1nc([C@H]2CCC[C@@H](C(F)(F)F)C2)cs1. The molecule has 1 aliphatic carbocycles. The van der Waals surface area contributed by atoms with E-state index in [1.54, 1.807) is 5.38 Å². The van der Waals surface area contributed by atoms with Crippen molar-refractivity contribution in [2.45, 2.75) is 37.8 Å². The minimum atomic E-state index is -4.07. The van der Waals surface area contributed by atoms with Crippen molar-refractivity contribution >= 4 is 16.5 Å². The van der Waals surface area contributed by atoms with Gasteiger partial charge in [-0.05, 0) is 19.3 Å². The van der Waals surface area contributed by atoms with E-state index in [9.17, 15) is 13.2 Å². The molecule has 0 spiro atoms. The minimum Gasteiger partial charge on any atom is -0.375 e. The maximum atomic E-state index is 12.6. The van der Waals surface area contributed by atoms with Crippen LogP contribution in [0.25, 0.3) is 0 Å². The van der Waals surface area contributed by atoms with Gasteiger partial charge in [-0.1, -0.05) is 6.42 Å². The first-order valence-corrected chi connectivity index (χ1v) is 6.12. The second-order valence-corrected chi connectivity index (χ2v) is 5.10. The first-order chi connectivity index (χ1) is 7.47. The van der Waals surface area contributed by atoms with Crippen LogP contribution in [0.3, 0.4) is 0 Å². The van der Waals surface area contributed by atoms with Crippen molar-refractivity contribution in [3.05, 3.63) is 11.1 Å². The molecule has 1 fully saturated rings. The summed E-state index contributed by atoms with van der Waals surface area (Å²) >= 11 is 1.29. The molecule has 2 N–H and O–H groups in total.